The lowest BCUT2D eigenvalue weighted by Gasteiger charge is -2.26. The normalized spacial score (nSPS) is 18.6. The summed E-state index contributed by atoms with van der Waals surface area (Å²) in [6, 6.07) is 6.11. The van der Waals surface area contributed by atoms with Crippen LogP contribution in [-0.4, -0.2) is 10.1 Å². The molecule has 4 heteroatoms. The summed E-state index contributed by atoms with van der Waals surface area (Å²) in [7, 11) is 0. The van der Waals surface area contributed by atoms with Crippen LogP contribution in [0, 0.1) is 0 Å². The number of hydrogen-bond acceptors (Lipinski definition) is 4. The second kappa shape index (κ2) is 5.08. The van der Waals surface area contributed by atoms with E-state index in [-0.39, 0.29) is 0 Å². The number of thiazole rings is 1. The first-order valence-electron chi connectivity index (χ1n) is 6.26. The van der Waals surface area contributed by atoms with Gasteiger partial charge in [0.05, 0.1) is 0 Å². The zero-order chi connectivity index (χ0) is 12.4. The number of aryl methyl sites for hydroxylation is 1. The molecule has 2 N–H and O–H groups in total. The second-order valence-electron chi connectivity index (χ2n) is 4.63. The van der Waals surface area contributed by atoms with Crippen molar-refractivity contribution in [1.82, 2.24) is 10.3 Å². The van der Waals surface area contributed by atoms with E-state index < -0.39 is 0 Å². The molecule has 1 heterocycles. The molecular formula is C14H16N2OS. The molecule has 2 aromatic rings. The molecule has 1 aliphatic carbocycles. The fraction of sp³-hybridized carbons (Fsp3) is 0.357. The molecule has 1 atom stereocenters. The largest absolute Gasteiger partial charge is 0.508 e. The highest BCUT2D eigenvalue weighted by molar-refractivity contribution is 7.09. The van der Waals surface area contributed by atoms with E-state index in [4.69, 9.17) is 0 Å². The van der Waals surface area contributed by atoms with Gasteiger partial charge in [0.1, 0.15) is 10.8 Å². The predicted octanol–water partition coefficient (Wildman–Crippen LogP) is 3.02. The minimum atomic E-state index is 0.370. The van der Waals surface area contributed by atoms with E-state index in [1.165, 1.54) is 17.5 Å². The summed E-state index contributed by atoms with van der Waals surface area (Å²) < 4.78 is 0. The number of fused-ring (bicyclic) bond motifs is 1. The molecule has 0 aliphatic heterocycles. The summed E-state index contributed by atoms with van der Waals surface area (Å²) in [4.78, 5) is 4.29. The minimum Gasteiger partial charge on any atom is -0.508 e. The third kappa shape index (κ3) is 2.40. The molecule has 3 rings (SSSR count). The number of phenolic OH excluding ortho intramolecular Hbond substituents is 1. The molecule has 1 aliphatic rings. The SMILES string of the molecule is Oc1ccc2c(c1)CCCC2NCc1nccs1. The van der Waals surface area contributed by atoms with Gasteiger partial charge in [-0.3, -0.25) is 0 Å². The Hall–Kier alpha value is -1.39. The molecule has 1 unspecified atom stereocenters. The lowest BCUT2D eigenvalue weighted by molar-refractivity contribution is 0.449. The number of nitrogens with zero attached hydrogens (tertiary/aromatic N) is 1. The Balaban J connectivity index is 1.75. The van der Waals surface area contributed by atoms with E-state index in [1.54, 1.807) is 17.4 Å². The molecule has 3 nitrogen and oxygen atoms in total. The van der Waals surface area contributed by atoms with E-state index >= 15 is 0 Å². The smallest absolute Gasteiger partial charge is 0.115 e. The van der Waals surface area contributed by atoms with Crippen LogP contribution in [0.1, 0.15) is 35.0 Å². The van der Waals surface area contributed by atoms with Crippen LogP contribution in [0.5, 0.6) is 5.75 Å². The number of nitrogens with one attached hydrogen (secondary N) is 1. The van der Waals surface area contributed by atoms with Crippen LogP contribution < -0.4 is 5.32 Å². The quantitative estimate of drug-likeness (QED) is 0.891. The van der Waals surface area contributed by atoms with Crippen molar-refractivity contribution in [3.8, 4) is 5.75 Å². The highest BCUT2D eigenvalue weighted by Crippen LogP contribution is 2.32. The van der Waals surface area contributed by atoms with Crippen molar-refractivity contribution in [1.29, 1.82) is 0 Å². The highest BCUT2D eigenvalue weighted by atomic mass is 32.1. The van der Waals surface area contributed by atoms with Crippen molar-refractivity contribution in [2.45, 2.75) is 31.8 Å². The Morgan fingerprint density at radius 1 is 1.44 bits per heavy atom. The van der Waals surface area contributed by atoms with Crippen molar-refractivity contribution < 1.29 is 5.11 Å². The maximum atomic E-state index is 9.53. The maximum absolute atomic E-state index is 9.53. The molecular weight excluding hydrogens is 244 g/mol. The summed E-state index contributed by atoms with van der Waals surface area (Å²) in [5.41, 5.74) is 2.61. The molecule has 94 valence electrons. The molecule has 0 amide bonds. The van der Waals surface area contributed by atoms with Crippen LogP contribution in [0.3, 0.4) is 0 Å². The third-order valence-electron chi connectivity index (χ3n) is 3.42. The second-order valence-corrected chi connectivity index (χ2v) is 5.61. The molecule has 1 aromatic heterocycles. The average Bonchev–Trinajstić information content (AvgIpc) is 2.89. The van der Waals surface area contributed by atoms with Crippen LogP contribution in [0.2, 0.25) is 0 Å². The van der Waals surface area contributed by atoms with Gasteiger partial charge in [0, 0.05) is 24.2 Å². The van der Waals surface area contributed by atoms with Gasteiger partial charge in [0.2, 0.25) is 0 Å². The first-order valence-corrected chi connectivity index (χ1v) is 7.14. The van der Waals surface area contributed by atoms with Gasteiger partial charge in [-0.2, -0.15) is 0 Å². The van der Waals surface area contributed by atoms with Gasteiger partial charge < -0.3 is 10.4 Å². The summed E-state index contributed by atoms with van der Waals surface area (Å²) >= 11 is 1.68. The summed E-state index contributed by atoms with van der Waals surface area (Å²) in [5, 5.41) is 16.2. The van der Waals surface area contributed by atoms with Crippen LogP contribution >= 0.6 is 11.3 Å². The highest BCUT2D eigenvalue weighted by Gasteiger charge is 2.20. The molecule has 0 spiro atoms. The molecule has 1 aromatic carbocycles. The van der Waals surface area contributed by atoms with Gasteiger partial charge in [-0.1, -0.05) is 6.07 Å². The molecule has 0 bridgehead atoms. The third-order valence-corrected chi connectivity index (χ3v) is 4.20. The van der Waals surface area contributed by atoms with E-state index in [1.807, 2.05) is 23.7 Å². The monoisotopic (exact) mass is 260 g/mol. The number of aromatic nitrogens is 1. The van der Waals surface area contributed by atoms with Gasteiger partial charge in [-0.25, -0.2) is 4.98 Å². The fourth-order valence-electron chi connectivity index (χ4n) is 2.56. The first kappa shape index (κ1) is 11.7. The van der Waals surface area contributed by atoms with E-state index in [0.29, 0.717) is 11.8 Å². The minimum absolute atomic E-state index is 0.370. The lowest BCUT2D eigenvalue weighted by Crippen LogP contribution is -2.24. The van der Waals surface area contributed by atoms with Crippen LogP contribution in [0.4, 0.5) is 0 Å². The van der Waals surface area contributed by atoms with Gasteiger partial charge >= 0.3 is 0 Å². The molecule has 0 saturated carbocycles. The Labute approximate surface area is 111 Å². The summed E-state index contributed by atoms with van der Waals surface area (Å²) in [6.07, 6.45) is 5.24. The number of benzene rings is 1. The standard InChI is InChI=1S/C14H16N2OS/c17-11-4-5-12-10(8-11)2-1-3-13(12)16-9-14-15-6-7-18-14/h4-8,13,16-17H,1-3,9H2. The first-order chi connectivity index (χ1) is 8.83. The zero-order valence-corrected chi connectivity index (χ0v) is 10.9. The number of phenols is 1. The summed E-state index contributed by atoms with van der Waals surface area (Å²) in [5.74, 6) is 0.370. The van der Waals surface area contributed by atoms with E-state index in [2.05, 4.69) is 10.3 Å². The van der Waals surface area contributed by atoms with Crippen LogP contribution in [-0.2, 0) is 13.0 Å². The van der Waals surface area contributed by atoms with Crippen molar-refractivity contribution in [2.75, 3.05) is 0 Å². The van der Waals surface area contributed by atoms with Crippen molar-refractivity contribution in [3.63, 3.8) is 0 Å². The van der Waals surface area contributed by atoms with Gasteiger partial charge in [0.15, 0.2) is 0 Å². The number of aromatic hydroxyl groups is 1. The Bertz CT molecular complexity index is 525. The van der Waals surface area contributed by atoms with Gasteiger partial charge in [0.25, 0.3) is 0 Å². The van der Waals surface area contributed by atoms with E-state index in [9.17, 15) is 5.11 Å². The molecule has 0 fully saturated rings. The van der Waals surface area contributed by atoms with E-state index in [0.717, 1.165) is 24.4 Å². The van der Waals surface area contributed by atoms with Gasteiger partial charge in [-0.05, 0) is 42.5 Å². The predicted molar refractivity (Wildman–Crippen MR) is 72.7 cm³/mol. The van der Waals surface area contributed by atoms with Crippen LogP contribution in [0.25, 0.3) is 0 Å². The topological polar surface area (TPSA) is 45.1 Å². The summed E-state index contributed by atoms with van der Waals surface area (Å²) in [6.45, 7) is 0.822. The fourth-order valence-corrected chi connectivity index (χ4v) is 3.13. The number of hydrogen-bond donors (Lipinski definition) is 2. The Kier molecular flexibility index (Phi) is 3.30. The number of rotatable bonds is 3. The van der Waals surface area contributed by atoms with Crippen molar-refractivity contribution >= 4 is 11.3 Å². The lowest BCUT2D eigenvalue weighted by atomic mass is 9.87. The Morgan fingerprint density at radius 2 is 2.39 bits per heavy atom. The molecule has 0 saturated heterocycles. The van der Waals surface area contributed by atoms with Crippen molar-refractivity contribution in [2.24, 2.45) is 0 Å². The van der Waals surface area contributed by atoms with Crippen LogP contribution in [0.15, 0.2) is 29.8 Å². The maximum Gasteiger partial charge on any atom is 0.115 e. The van der Waals surface area contributed by atoms with Crippen molar-refractivity contribution in [3.05, 3.63) is 45.9 Å². The Morgan fingerprint density at radius 3 is 3.22 bits per heavy atom. The van der Waals surface area contributed by atoms with Gasteiger partial charge in [-0.15, -0.1) is 11.3 Å². The average molecular weight is 260 g/mol. The zero-order valence-electron chi connectivity index (χ0n) is 10.1. The molecule has 18 heavy (non-hydrogen) atoms. The molecule has 0 radical (unpaired) electrons.